The Labute approximate surface area is 200 Å². The predicted octanol–water partition coefficient (Wildman–Crippen LogP) is 4.81. The summed E-state index contributed by atoms with van der Waals surface area (Å²) in [6.45, 7) is 7.67. The van der Waals surface area contributed by atoms with Crippen molar-refractivity contribution >= 4 is 39.0 Å². The summed E-state index contributed by atoms with van der Waals surface area (Å²) < 4.78 is 13.2. The van der Waals surface area contributed by atoms with Crippen LogP contribution in [0, 0.1) is 0 Å². The van der Waals surface area contributed by atoms with Gasteiger partial charge in [-0.2, -0.15) is 9.78 Å². The van der Waals surface area contributed by atoms with Crippen molar-refractivity contribution in [2.24, 2.45) is 5.10 Å². The molecule has 174 valence electrons. The number of halogens is 1. The molecule has 0 aliphatic rings. The molecule has 0 saturated heterocycles. The average Bonchev–Trinajstić information content (AvgIpc) is 2.79. The topological polar surface area (TPSA) is 103 Å². The Hall–Kier alpha value is -3.20. The van der Waals surface area contributed by atoms with Crippen molar-refractivity contribution in [2.45, 2.75) is 46.1 Å². The van der Waals surface area contributed by atoms with Crippen LogP contribution in [0.3, 0.4) is 0 Å². The van der Waals surface area contributed by atoms with Crippen LogP contribution in [0.1, 0.15) is 51.4 Å². The average molecular weight is 516 g/mol. The van der Waals surface area contributed by atoms with E-state index >= 15 is 0 Å². The van der Waals surface area contributed by atoms with E-state index in [4.69, 9.17) is 19.6 Å². The Morgan fingerprint density at radius 3 is 2.64 bits per heavy atom. The fraction of sp³-hybridized carbons (Fsp3) is 0.333. The molecule has 0 unspecified atom stereocenters. The molecular weight excluding hydrogens is 490 g/mol. The third kappa shape index (κ3) is 5.60. The molecule has 0 radical (unpaired) electrons. The number of carboxylic acid groups (broad SMARTS) is 1. The van der Waals surface area contributed by atoms with Crippen LogP contribution in [0.15, 0.2) is 50.8 Å². The second-order valence-electron chi connectivity index (χ2n) is 7.54. The van der Waals surface area contributed by atoms with Gasteiger partial charge in [-0.3, -0.25) is 4.79 Å². The monoisotopic (exact) mass is 515 g/mol. The molecule has 0 aliphatic heterocycles. The number of hydrogen-bond acceptors (Lipinski definition) is 6. The van der Waals surface area contributed by atoms with Crippen LogP contribution in [-0.4, -0.2) is 39.7 Å². The molecule has 0 spiro atoms. The quantitative estimate of drug-likeness (QED) is 0.410. The number of carbonyl (C=O) groups is 1. The van der Waals surface area contributed by atoms with E-state index in [1.807, 2.05) is 32.9 Å². The number of hydrogen-bond donors (Lipinski definition) is 1. The van der Waals surface area contributed by atoms with E-state index in [0.717, 1.165) is 10.9 Å². The summed E-state index contributed by atoms with van der Waals surface area (Å²) in [6.07, 6.45) is 1.32. The van der Waals surface area contributed by atoms with Gasteiger partial charge in [0, 0.05) is 10.4 Å². The van der Waals surface area contributed by atoms with Gasteiger partial charge in [0.15, 0.2) is 17.6 Å². The van der Waals surface area contributed by atoms with Crippen molar-refractivity contribution in [3.63, 3.8) is 0 Å². The molecule has 9 heteroatoms. The maximum Gasteiger partial charge on any atom is 0.344 e. The van der Waals surface area contributed by atoms with Crippen LogP contribution in [0.5, 0.6) is 11.5 Å². The van der Waals surface area contributed by atoms with E-state index in [1.54, 1.807) is 30.5 Å². The van der Waals surface area contributed by atoms with Crippen molar-refractivity contribution in [2.75, 3.05) is 6.61 Å². The molecule has 2 atom stereocenters. The highest BCUT2D eigenvalue weighted by atomic mass is 79.9. The Kier molecular flexibility index (Phi) is 7.86. The molecule has 1 N–H and O–H groups in total. The minimum Gasteiger partial charge on any atom is -0.490 e. The largest absolute Gasteiger partial charge is 0.490 e. The zero-order valence-corrected chi connectivity index (χ0v) is 20.5. The van der Waals surface area contributed by atoms with Gasteiger partial charge in [-0.25, -0.2) is 9.78 Å². The van der Waals surface area contributed by atoms with Crippen molar-refractivity contribution in [3.8, 4) is 11.5 Å². The highest BCUT2D eigenvalue weighted by Gasteiger charge is 2.17. The molecule has 0 aliphatic carbocycles. The number of rotatable bonds is 9. The van der Waals surface area contributed by atoms with E-state index in [9.17, 15) is 9.59 Å². The molecule has 0 fully saturated rings. The summed E-state index contributed by atoms with van der Waals surface area (Å²) in [5, 5.41) is 14.0. The van der Waals surface area contributed by atoms with Crippen molar-refractivity contribution < 1.29 is 19.4 Å². The van der Waals surface area contributed by atoms with Gasteiger partial charge in [-0.05, 0) is 62.2 Å². The maximum absolute atomic E-state index is 13.2. The van der Waals surface area contributed by atoms with Crippen LogP contribution in [0.4, 0.5) is 0 Å². The Balaban J connectivity index is 2.05. The SMILES string of the molecule is CCOc1cc(C=Nn2c([C@H](C)CC)nc3ccc(Br)cc3c2=O)ccc1O[C@H](C)C(=O)O. The first kappa shape index (κ1) is 24.4. The van der Waals surface area contributed by atoms with E-state index < -0.39 is 12.1 Å². The molecule has 0 bridgehead atoms. The zero-order chi connectivity index (χ0) is 24.1. The number of carboxylic acids is 1. The van der Waals surface area contributed by atoms with Gasteiger partial charge in [0.05, 0.1) is 23.7 Å². The van der Waals surface area contributed by atoms with Gasteiger partial charge in [0.25, 0.3) is 5.56 Å². The van der Waals surface area contributed by atoms with Crippen LogP contribution >= 0.6 is 15.9 Å². The molecular formula is C24H26BrN3O5. The van der Waals surface area contributed by atoms with Crippen LogP contribution in [0.2, 0.25) is 0 Å². The normalized spacial score (nSPS) is 13.2. The molecule has 0 amide bonds. The lowest BCUT2D eigenvalue weighted by Gasteiger charge is -2.15. The standard InChI is InChI=1S/C24H26BrN3O5/c1-5-14(3)22-27-19-9-8-17(25)12-18(19)23(29)28(22)26-13-16-7-10-20(21(11-16)32-6-2)33-15(4)24(30)31/h7-15H,5-6H2,1-4H3,(H,30,31)/t14-,15-/m1/s1. The summed E-state index contributed by atoms with van der Waals surface area (Å²) in [6, 6.07) is 10.4. The first-order valence-corrected chi connectivity index (χ1v) is 11.5. The fourth-order valence-corrected chi connectivity index (χ4v) is 3.48. The zero-order valence-electron chi connectivity index (χ0n) is 18.9. The lowest BCUT2D eigenvalue weighted by molar-refractivity contribution is -0.144. The minimum absolute atomic E-state index is 0.0233. The Morgan fingerprint density at radius 2 is 1.97 bits per heavy atom. The number of fused-ring (bicyclic) bond motifs is 1. The molecule has 3 rings (SSSR count). The van der Waals surface area contributed by atoms with Gasteiger partial charge in [0.2, 0.25) is 0 Å². The van der Waals surface area contributed by atoms with E-state index in [0.29, 0.717) is 40.4 Å². The summed E-state index contributed by atoms with van der Waals surface area (Å²) in [5.74, 6) is 0.239. The Bertz CT molecular complexity index is 1250. The van der Waals surface area contributed by atoms with Crippen LogP contribution in [-0.2, 0) is 4.79 Å². The molecule has 33 heavy (non-hydrogen) atoms. The first-order valence-electron chi connectivity index (χ1n) is 10.7. The number of ether oxygens (including phenoxy) is 2. The fourth-order valence-electron chi connectivity index (χ4n) is 3.11. The number of nitrogens with zero attached hydrogens (tertiary/aromatic N) is 3. The van der Waals surface area contributed by atoms with Gasteiger partial charge in [0.1, 0.15) is 5.82 Å². The minimum atomic E-state index is -1.07. The molecule has 0 saturated carbocycles. The predicted molar refractivity (Wildman–Crippen MR) is 131 cm³/mol. The second-order valence-corrected chi connectivity index (χ2v) is 8.46. The highest BCUT2D eigenvalue weighted by Crippen LogP contribution is 2.29. The molecule has 8 nitrogen and oxygen atoms in total. The van der Waals surface area contributed by atoms with Gasteiger partial charge >= 0.3 is 5.97 Å². The van der Waals surface area contributed by atoms with Gasteiger partial charge in [-0.15, -0.1) is 0 Å². The van der Waals surface area contributed by atoms with Crippen LogP contribution in [0.25, 0.3) is 10.9 Å². The third-order valence-corrected chi connectivity index (χ3v) is 5.62. The Morgan fingerprint density at radius 1 is 1.21 bits per heavy atom. The van der Waals surface area contributed by atoms with E-state index in [-0.39, 0.29) is 11.5 Å². The molecule has 2 aromatic carbocycles. The molecule has 1 aromatic heterocycles. The number of aliphatic carboxylic acids is 1. The lowest BCUT2D eigenvalue weighted by atomic mass is 10.1. The summed E-state index contributed by atoms with van der Waals surface area (Å²) in [5.41, 5.74) is 1.02. The highest BCUT2D eigenvalue weighted by molar-refractivity contribution is 9.10. The van der Waals surface area contributed by atoms with Crippen molar-refractivity contribution in [3.05, 3.63) is 62.6 Å². The smallest absolute Gasteiger partial charge is 0.344 e. The summed E-state index contributed by atoms with van der Waals surface area (Å²) >= 11 is 3.41. The van der Waals surface area contributed by atoms with Gasteiger partial charge < -0.3 is 14.6 Å². The lowest BCUT2D eigenvalue weighted by Crippen LogP contribution is -2.24. The van der Waals surface area contributed by atoms with E-state index in [1.165, 1.54) is 11.6 Å². The van der Waals surface area contributed by atoms with Crippen LogP contribution < -0.4 is 15.0 Å². The first-order chi connectivity index (χ1) is 15.7. The van der Waals surface area contributed by atoms with E-state index in [2.05, 4.69) is 21.0 Å². The third-order valence-electron chi connectivity index (χ3n) is 5.13. The number of aromatic nitrogens is 2. The summed E-state index contributed by atoms with van der Waals surface area (Å²) in [7, 11) is 0. The molecule has 3 aromatic rings. The second kappa shape index (κ2) is 10.6. The number of benzene rings is 2. The van der Waals surface area contributed by atoms with Crippen molar-refractivity contribution in [1.29, 1.82) is 0 Å². The van der Waals surface area contributed by atoms with Gasteiger partial charge in [-0.1, -0.05) is 29.8 Å². The maximum atomic E-state index is 13.2. The molecule has 1 heterocycles. The summed E-state index contributed by atoms with van der Waals surface area (Å²) in [4.78, 5) is 29.1. The van der Waals surface area contributed by atoms with Crippen molar-refractivity contribution in [1.82, 2.24) is 9.66 Å².